The molecule has 0 aliphatic carbocycles. The van der Waals surface area contributed by atoms with E-state index in [4.69, 9.17) is 19.9 Å². The van der Waals surface area contributed by atoms with Crippen LogP contribution >= 0.6 is 11.8 Å². The van der Waals surface area contributed by atoms with Crippen molar-refractivity contribution in [1.82, 2.24) is 29.5 Å². The van der Waals surface area contributed by atoms with Crippen molar-refractivity contribution in [3.63, 3.8) is 0 Å². The van der Waals surface area contributed by atoms with Gasteiger partial charge < -0.3 is 35.5 Å². The van der Waals surface area contributed by atoms with E-state index in [2.05, 4.69) is 30.2 Å². The smallest absolute Gasteiger partial charge is 0.167 e. The van der Waals surface area contributed by atoms with Crippen LogP contribution in [-0.2, 0) is 4.74 Å². The molecule has 0 bridgehead atoms. The van der Waals surface area contributed by atoms with E-state index in [1.54, 1.807) is 43.1 Å². The van der Waals surface area contributed by atoms with Crippen LogP contribution in [0.4, 0.5) is 16.0 Å². The van der Waals surface area contributed by atoms with Crippen molar-refractivity contribution in [2.24, 2.45) is 0 Å². The third-order valence-corrected chi connectivity index (χ3v) is 8.16. The van der Waals surface area contributed by atoms with Gasteiger partial charge in [-0.3, -0.25) is 4.57 Å². The van der Waals surface area contributed by atoms with E-state index >= 15 is 0 Å². The van der Waals surface area contributed by atoms with Gasteiger partial charge in [0.1, 0.15) is 35.7 Å². The summed E-state index contributed by atoms with van der Waals surface area (Å²) in [6.45, 7) is 0.505. The van der Waals surface area contributed by atoms with Gasteiger partial charge in [-0.25, -0.2) is 29.3 Å². The van der Waals surface area contributed by atoms with Crippen LogP contribution in [0.15, 0.2) is 49.1 Å². The number of imidazole rings is 1. The molecule has 1 aliphatic rings. The first-order valence-corrected chi connectivity index (χ1v) is 14.5. The second-order valence-corrected chi connectivity index (χ2v) is 10.9. The fourth-order valence-electron chi connectivity index (χ4n) is 4.94. The average Bonchev–Trinajstić information content (AvgIpc) is 3.57. The van der Waals surface area contributed by atoms with Crippen molar-refractivity contribution in [2.45, 2.75) is 24.5 Å². The Kier molecular flexibility index (Phi) is 8.12. The number of fused-ring (bicyclic) bond motifs is 2. The van der Waals surface area contributed by atoms with E-state index < -0.39 is 24.5 Å². The predicted molar refractivity (Wildman–Crippen MR) is 160 cm³/mol. The molecular formula is C28H29FN8O5S. The quantitative estimate of drug-likeness (QED) is 0.170. The van der Waals surface area contributed by atoms with Crippen molar-refractivity contribution in [3.8, 4) is 22.9 Å². The number of aromatic nitrogens is 6. The van der Waals surface area contributed by atoms with Crippen LogP contribution in [0, 0.1) is 5.82 Å². The highest BCUT2D eigenvalue weighted by Crippen LogP contribution is 2.36. The lowest BCUT2D eigenvalue weighted by molar-refractivity contribution is -0.0288. The second kappa shape index (κ2) is 12.1. The van der Waals surface area contributed by atoms with Crippen molar-refractivity contribution in [2.75, 3.05) is 43.3 Å². The average molecular weight is 609 g/mol. The van der Waals surface area contributed by atoms with Crippen LogP contribution in [0.1, 0.15) is 6.23 Å². The Labute approximate surface area is 249 Å². The number of hydrogen-bond acceptors (Lipinski definition) is 13. The van der Waals surface area contributed by atoms with E-state index in [1.165, 1.54) is 36.5 Å². The molecular weight excluding hydrogens is 579 g/mol. The number of nitrogens with zero attached hydrogens (tertiary/aromatic N) is 6. The Morgan fingerprint density at radius 1 is 1.07 bits per heavy atom. The Morgan fingerprint density at radius 2 is 1.88 bits per heavy atom. The number of thioether (sulfide) groups is 1. The normalized spacial score (nSPS) is 20.1. The van der Waals surface area contributed by atoms with Crippen LogP contribution < -0.4 is 20.5 Å². The molecule has 15 heteroatoms. The highest BCUT2D eigenvalue weighted by Gasteiger charge is 2.44. The van der Waals surface area contributed by atoms with Crippen molar-refractivity contribution >= 4 is 45.5 Å². The molecule has 0 saturated carbocycles. The molecule has 1 saturated heterocycles. The zero-order chi connectivity index (χ0) is 30.1. The number of halogens is 1. The van der Waals surface area contributed by atoms with Crippen molar-refractivity contribution in [1.29, 1.82) is 0 Å². The molecule has 5 aromatic rings. The third kappa shape index (κ3) is 5.59. The minimum absolute atomic E-state index is 0.216. The van der Waals surface area contributed by atoms with Gasteiger partial charge in [0.2, 0.25) is 0 Å². The highest BCUT2D eigenvalue weighted by atomic mass is 32.2. The van der Waals surface area contributed by atoms with Crippen LogP contribution in [0.2, 0.25) is 0 Å². The Balaban J connectivity index is 1.14. The number of anilines is 2. The van der Waals surface area contributed by atoms with Crippen LogP contribution in [0.5, 0.6) is 11.5 Å². The third-order valence-electron chi connectivity index (χ3n) is 7.10. The summed E-state index contributed by atoms with van der Waals surface area (Å²) >= 11 is 1.54. The molecule has 0 unspecified atom stereocenters. The standard InChI is InChI=1S/C28H29FN8O5S/c1-40-18-9-16-17(10-19(18)41-2)35-25(14-4-3-5-15(29)8-14)36-26(16)31-6-7-43-11-20-22(38)23(39)28(42-20)37-13-34-21-24(30)32-12-33-27(21)37/h3-5,8-10,12-13,20,22-23,28,38-39H,6-7,11H2,1-2H3,(H2,30,32,33)(H,31,35,36)/t20-,22-,23-,28-/m1/s1. The van der Waals surface area contributed by atoms with Gasteiger partial charge in [-0.1, -0.05) is 12.1 Å². The maximum atomic E-state index is 14.0. The summed E-state index contributed by atoms with van der Waals surface area (Å²) in [5.41, 5.74) is 7.81. The number of methoxy groups -OCH3 is 2. The van der Waals surface area contributed by atoms with Crippen LogP contribution in [0.25, 0.3) is 33.5 Å². The van der Waals surface area contributed by atoms with Gasteiger partial charge in [0.05, 0.1) is 32.2 Å². The number of nitrogen functional groups attached to an aromatic ring is 1. The topological polar surface area (TPSA) is 176 Å². The lowest BCUT2D eigenvalue weighted by Gasteiger charge is -2.16. The van der Waals surface area contributed by atoms with Crippen LogP contribution in [0.3, 0.4) is 0 Å². The number of nitrogens with one attached hydrogen (secondary N) is 1. The monoisotopic (exact) mass is 608 g/mol. The number of aliphatic hydroxyl groups excluding tert-OH is 2. The summed E-state index contributed by atoms with van der Waals surface area (Å²) in [7, 11) is 3.09. The van der Waals surface area contributed by atoms with Crippen molar-refractivity contribution in [3.05, 3.63) is 54.9 Å². The van der Waals surface area contributed by atoms with Gasteiger partial charge in [0.25, 0.3) is 0 Å². The van der Waals surface area contributed by atoms with E-state index in [0.717, 1.165) is 0 Å². The van der Waals surface area contributed by atoms with Crippen molar-refractivity contribution < 1.29 is 28.8 Å². The molecule has 0 spiro atoms. The van der Waals surface area contributed by atoms with Crippen LogP contribution in [-0.4, -0.2) is 90.3 Å². The Hall–Kier alpha value is -4.31. The predicted octanol–water partition coefficient (Wildman–Crippen LogP) is 2.64. The first-order chi connectivity index (χ1) is 20.9. The zero-order valence-corrected chi connectivity index (χ0v) is 24.0. The number of ether oxygens (including phenoxy) is 3. The molecule has 1 aliphatic heterocycles. The summed E-state index contributed by atoms with van der Waals surface area (Å²) in [5.74, 6) is 2.81. The number of aliphatic hydroxyl groups is 2. The maximum Gasteiger partial charge on any atom is 0.167 e. The van der Waals surface area contributed by atoms with Gasteiger partial charge in [-0.15, -0.1) is 0 Å². The molecule has 2 aromatic carbocycles. The molecule has 5 N–H and O–H groups in total. The van der Waals surface area contributed by atoms with Gasteiger partial charge in [-0.05, 0) is 18.2 Å². The molecule has 6 rings (SSSR count). The SMILES string of the molecule is COc1cc2nc(-c3cccc(F)c3)nc(NCCSC[C@H]3O[C@@H](n4cnc5c(N)ncnc54)[C@H](O)[C@@H]3O)c2cc1OC. The number of rotatable bonds is 10. The Morgan fingerprint density at radius 3 is 2.67 bits per heavy atom. The molecule has 4 heterocycles. The number of hydrogen-bond donors (Lipinski definition) is 4. The fraction of sp³-hybridized carbons (Fsp3) is 0.321. The Bertz CT molecular complexity index is 1770. The molecule has 3 aromatic heterocycles. The fourth-order valence-corrected chi connectivity index (χ4v) is 5.86. The molecule has 43 heavy (non-hydrogen) atoms. The highest BCUT2D eigenvalue weighted by molar-refractivity contribution is 7.99. The van der Waals surface area contributed by atoms with Gasteiger partial charge in [-0.2, -0.15) is 11.8 Å². The summed E-state index contributed by atoms with van der Waals surface area (Å²) < 4.78 is 32.5. The molecule has 1 fully saturated rings. The summed E-state index contributed by atoms with van der Waals surface area (Å²) in [6, 6.07) is 9.64. The second-order valence-electron chi connectivity index (χ2n) is 9.76. The van der Waals surface area contributed by atoms with E-state index in [1.807, 2.05) is 0 Å². The minimum Gasteiger partial charge on any atom is -0.493 e. The van der Waals surface area contributed by atoms with E-state index in [0.29, 0.717) is 68.8 Å². The minimum atomic E-state index is -1.18. The molecule has 4 atom stereocenters. The van der Waals surface area contributed by atoms with E-state index in [-0.39, 0.29) is 11.6 Å². The first-order valence-electron chi connectivity index (χ1n) is 13.3. The molecule has 0 amide bonds. The summed E-state index contributed by atoms with van der Waals surface area (Å²) in [6.07, 6.45) is -1.02. The summed E-state index contributed by atoms with van der Waals surface area (Å²) in [5, 5.41) is 25.5. The summed E-state index contributed by atoms with van der Waals surface area (Å²) in [4.78, 5) is 21.7. The lowest BCUT2D eigenvalue weighted by atomic mass is 10.1. The number of benzene rings is 2. The van der Waals surface area contributed by atoms with E-state index in [9.17, 15) is 14.6 Å². The maximum absolute atomic E-state index is 14.0. The molecule has 224 valence electrons. The lowest BCUT2D eigenvalue weighted by Crippen LogP contribution is -2.32. The largest absolute Gasteiger partial charge is 0.493 e. The van der Waals surface area contributed by atoms with Gasteiger partial charge in [0.15, 0.2) is 35.0 Å². The first kappa shape index (κ1) is 28.8. The van der Waals surface area contributed by atoms with Gasteiger partial charge >= 0.3 is 0 Å². The molecule has 13 nitrogen and oxygen atoms in total. The van der Waals surface area contributed by atoms with Gasteiger partial charge in [0, 0.05) is 35.1 Å². The number of nitrogens with two attached hydrogens (primary N) is 1. The zero-order valence-electron chi connectivity index (χ0n) is 23.2. The molecule has 0 radical (unpaired) electrons.